The molecule has 0 aliphatic rings. The summed E-state index contributed by atoms with van der Waals surface area (Å²) in [5, 5.41) is 1.34. The second kappa shape index (κ2) is 8.55. The molecule has 128 valence electrons. The summed E-state index contributed by atoms with van der Waals surface area (Å²) in [5.74, 6) is 0.0564. The van der Waals surface area contributed by atoms with Gasteiger partial charge in [0.1, 0.15) is 17.2 Å². The molecule has 1 aromatic heterocycles. The Labute approximate surface area is 147 Å². The van der Waals surface area contributed by atoms with Gasteiger partial charge in [0.25, 0.3) is 5.91 Å². The van der Waals surface area contributed by atoms with Crippen LogP contribution in [0.1, 0.15) is 0 Å². The second-order valence-electron chi connectivity index (χ2n) is 4.42. The number of methoxy groups -OCH3 is 2. The van der Waals surface area contributed by atoms with Crippen molar-refractivity contribution in [2.24, 2.45) is 0 Å². The van der Waals surface area contributed by atoms with Gasteiger partial charge in [-0.1, -0.05) is 11.8 Å². The van der Waals surface area contributed by atoms with Gasteiger partial charge in [0, 0.05) is 11.5 Å². The zero-order chi connectivity index (χ0) is 17.5. The van der Waals surface area contributed by atoms with Crippen LogP contribution in [0.5, 0.6) is 11.5 Å². The molecule has 0 aliphatic heterocycles. The monoisotopic (exact) mass is 370 g/mol. The molecule has 0 radical (unpaired) electrons. The first-order chi connectivity index (χ1) is 11.6. The van der Waals surface area contributed by atoms with E-state index in [0.717, 1.165) is 5.39 Å². The summed E-state index contributed by atoms with van der Waals surface area (Å²) >= 11 is 6.53. The van der Waals surface area contributed by atoms with Crippen molar-refractivity contribution in [1.82, 2.24) is 20.8 Å². The van der Waals surface area contributed by atoms with Crippen LogP contribution in [0.15, 0.2) is 23.5 Å². The highest BCUT2D eigenvalue weighted by molar-refractivity contribution is 8.00. The largest absolute Gasteiger partial charge is 0.493 e. The van der Waals surface area contributed by atoms with E-state index in [2.05, 4.69) is 20.8 Å². The molecule has 2 rings (SSSR count). The van der Waals surface area contributed by atoms with Crippen molar-refractivity contribution in [1.29, 1.82) is 0 Å². The first kappa shape index (κ1) is 18.1. The Morgan fingerprint density at radius 3 is 2.46 bits per heavy atom. The van der Waals surface area contributed by atoms with Crippen LogP contribution in [-0.2, 0) is 9.59 Å². The number of hydrazine groups is 1. The van der Waals surface area contributed by atoms with Crippen molar-refractivity contribution < 1.29 is 19.1 Å². The lowest BCUT2D eigenvalue weighted by Crippen LogP contribution is -2.43. The maximum absolute atomic E-state index is 11.7. The fraction of sp³-hybridized carbons (Fsp3) is 0.286. The highest BCUT2D eigenvalue weighted by Crippen LogP contribution is 2.34. The molecule has 0 spiro atoms. The van der Waals surface area contributed by atoms with E-state index >= 15 is 0 Å². The number of carbonyl (C=O) groups excluding carboxylic acids is 2. The second-order valence-corrected chi connectivity index (χ2v) is 5.65. The average molecular weight is 371 g/mol. The van der Waals surface area contributed by atoms with E-state index in [4.69, 9.17) is 21.1 Å². The highest BCUT2D eigenvalue weighted by atomic mass is 35.5. The number of alkyl halides is 1. The fourth-order valence-corrected chi connectivity index (χ4v) is 2.66. The summed E-state index contributed by atoms with van der Waals surface area (Å²) in [4.78, 5) is 31.1. The third kappa shape index (κ3) is 4.39. The normalized spacial score (nSPS) is 10.3. The third-order valence-corrected chi connectivity index (χ3v) is 4.15. The number of ether oxygens (including phenoxy) is 2. The molecule has 0 atom stereocenters. The average Bonchev–Trinajstić information content (AvgIpc) is 2.62. The number of carbonyl (C=O) groups is 2. The van der Waals surface area contributed by atoms with Gasteiger partial charge < -0.3 is 9.47 Å². The minimum Gasteiger partial charge on any atom is -0.493 e. The number of thioether (sulfide) groups is 1. The third-order valence-electron chi connectivity index (χ3n) is 2.91. The van der Waals surface area contributed by atoms with Crippen LogP contribution in [0.2, 0.25) is 0 Å². The van der Waals surface area contributed by atoms with Gasteiger partial charge in [0.05, 0.1) is 25.5 Å². The summed E-state index contributed by atoms with van der Waals surface area (Å²) in [6, 6.07) is 3.49. The van der Waals surface area contributed by atoms with Crippen molar-refractivity contribution >= 4 is 46.1 Å². The van der Waals surface area contributed by atoms with Gasteiger partial charge in [-0.2, -0.15) is 0 Å². The zero-order valence-corrected chi connectivity index (χ0v) is 14.5. The maximum Gasteiger partial charge on any atom is 0.253 e. The number of hydrogen-bond acceptors (Lipinski definition) is 7. The first-order valence-electron chi connectivity index (χ1n) is 6.72. The lowest BCUT2D eigenvalue weighted by molar-refractivity contribution is -0.126. The van der Waals surface area contributed by atoms with Crippen LogP contribution in [0.3, 0.4) is 0 Å². The summed E-state index contributed by atoms with van der Waals surface area (Å²) in [7, 11) is 3.08. The maximum atomic E-state index is 11.7. The molecule has 1 heterocycles. The number of halogens is 1. The predicted molar refractivity (Wildman–Crippen MR) is 90.4 cm³/mol. The Hall–Kier alpha value is -2.26. The van der Waals surface area contributed by atoms with E-state index in [0.29, 0.717) is 22.0 Å². The van der Waals surface area contributed by atoms with E-state index in [1.54, 1.807) is 19.2 Å². The van der Waals surface area contributed by atoms with Crippen LogP contribution < -0.4 is 20.3 Å². The predicted octanol–water partition coefficient (Wildman–Crippen LogP) is 1.13. The number of aromatic nitrogens is 2. The van der Waals surface area contributed by atoms with Gasteiger partial charge in [-0.15, -0.1) is 11.6 Å². The summed E-state index contributed by atoms with van der Waals surface area (Å²) in [5.41, 5.74) is 5.11. The number of fused-ring (bicyclic) bond motifs is 1. The van der Waals surface area contributed by atoms with E-state index in [1.165, 1.54) is 25.2 Å². The minimum atomic E-state index is -0.487. The molecule has 8 nitrogen and oxygen atoms in total. The molecular weight excluding hydrogens is 356 g/mol. The van der Waals surface area contributed by atoms with Crippen LogP contribution in [0.25, 0.3) is 10.9 Å². The molecule has 0 bridgehead atoms. The molecule has 2 N–H and O–H groups in total. The number of nitrogens with zero attached hydrogens (tertiary/aromatic N) is 2. The Morgan fingerprint density at radius 1 is 1.12 bits per heavy atom. The molecule has 0 aliphatic carbocycles. The quantitative estimate of drug-likeness (QED) is 0.340. The van der Waals surface area contributed by atoms with Crippen molar-refractivity contribution in [2.45, 2.75) is 5.03 Å². The lowest BCUT2D eigenvalue weighted by Gasteiger charge is -2.10. The molecule has 0 fully saturated rings. The lowest BCUT2D eigenvalue weighted by atomic mass is 10.2. The van der Waals surface area contributed by atoms with Gasteiger partial charge >= 0.3 is 0 Å². The summed E-state index contributed by atoms with van der Waals surface area (Å²) in [6.45, 7) is 0. The fourth-order valence-electron chi connectivity index (χ4n) is 1.82. The summed E-state index contributed by atoms with van der Waals surface area (Å²) < 4.78 is 10.5. The van der Waals surface area contributed by atoms with E-state index in [1.807, 2.05) is 0 Å². The van der Waals surface area contributed by atoms with Gasteiger partial charge in [0.15, 0.2) is 11.5 Å². The van der Waals surface area contributed by atoms with Gasteiger partial charge in [0.2, 0.25) is 5.91 Å². The number of benzene rings is 1. The number of hydrogen-bond donors (Lipinski definition) is 2. The number of amides is 2. The molecule has 0 saturated carbocycles. The zero-order valence-electron chi connectivity index (χ0n) is 13.0. The number of rotatable bonds is 6. The molecule has 2 aromatic rings. The number of nitrogens with one attached hydrogen (secondary N) is 2. The van der Waals surface area contributed by atoms with Crippen LogP contribution >= 0.6 is 23.4 Å². The van der Waals surface area contributed by atoms with Crippen LogP contribution in [-0.4, -0.2) is 47.6 Å². The first-order valence-corrected chi connectivity index (χ1v) is 8.24. The van der Waals surface area contributed by atoms with E-state index < -0.39 is 5.91 Å². The summed E-state index contributed by atoms with van der Waals surface area (Å²) in [6.07, 6.45) is 1.41. The van der Waals surface area contributed by atoms with Crippen LogP contribution in [0, 0.1) is 0 Å². The highest BCUT2D eigenvalue weighted by Gasteiger charge is 2.12. The molecular formula is C14H15ClN4O4S. The standard InChI is InChI=1S/C14H15ClN4O4S/c1-22-10-3-8-9(4-11(10)23-2)16-7-17-14(8)24-6-13(21)19-18-12(20)5-15/h3-4,7H,5-6H2,1-2H3,(H,18,20)(H,19,21). The molecule has 0 unspecified atom stereocenters. The topological polar surface area (TPSA) is 102 Å². The SMILES string of the molecule is COc1cc2ncnc(SCC(=O)NNC(=O)CCl)c2cc1OC. The Kier molecular flexibility index (Phi) is 6.44. The minimum absolute atomic E-state index is 0.0586. The molecule has 1 aromatic carbocycles. The van der Waals surface area contributed by atoms with E-state index in [-0.39, 0.29) is 17.5 Å². The van der Waals surface area contributed by atoms with Gasteiger partial charge in [-0.3, -0.25) is 20.4 Å². The van der Waals surface area contributed by atoms with Crippen LogP contribution in [0.4, 0.5) is 0 Å². The van der Waals surface area contributed by atoms with Gasteiger partial charge in [-0.25, -0.2) is 9.97 Å². The molecule has 0 saturated heterocycles. The molecule has 2 amide bonds. The van der Waals surface area contributed by atoms with Crippen molar-refractivity contribution in [3.8, 4) is 11.5 Å². The van der Waals surface area contributed by atoms with E-state index in [9.17, 15) is 9.59 Å². The molecule has 10 heteroatoms. The Bertz CT molecular complexity index is 759. The molecule has 24 heavy (non-hydrogen) atoms. The van der Waals surface area contributed by atoms with Gasteiger partial charge in [-0.05, 0) is 6.07 Å². The van der Waals surface area contributed by atoms with Crippen molar-refractivity contribution in [3.63, 3.8) is 0 Å². The Balaban J connectivity index is 2.14. The Morgan fingerprint density at radius 2 is 1.79 bits per heavy atom. The smallest absolute Gasteiger partial charge is 0.253 e. The van der Waals surface area contributed by atoms with Crippen molar-refractivity contribution in [3.05, 3.63) is 18.5 Å². The van der Waals surface area contributed by atoms with Crippen molar-refractivity contribution in [2.75, 3.05) is 25.9 Å².